The number of rotatable bonds is 6. The van der Waals surface area contributed by atoms with Gasteiger partial charge in [0, 0.05) is 27.5 Å². The van der Waals surface area contributed by atoms with Crippen molar-refractivity contribution in [3.8, 4) is 67.5 Å². The SMILES string of the molecule is c1ccc(-c2ccc(-c3nc(-c4ccccc4)nc(-c4cc(-c5ccccc5)cc5oc6ccccc6c45)n3)c(-c3ccccc3)c2)cc1. The molecule has 0 spiro atoms. The van der Waals surface area contributed by atoms with Crippen LogP contribution in [0.15, 0.2) is 180 Å². The van der Waals surface area contributed by atoms with Gasteiger partial charge >= 0.3 is 0 Å². The molecule has 2 aromatic heterocycles. The van der Waals surface area contributed by atoms with E-state index in [1.165, 1.54) is 0 Å². The fourth-order valence-electron chi connectivity index (χ4n) is 6.57. The summed E-state index contributed by atoms with van der Waals surface area (Å²) in [6, 6.07) is 60.4. The van der Waals surface area contributed by atoms with E-state index in [9.17, 15) is 0 Å². The van der Waals surface area contributed by atoms with Crippen LogP contribution in [0.1, 0.15) is 0 Å². The van der Waals surface area contributed by atoms with Gasteiger partial charge in [-0.05, 0) is 63.7 Å². The maximum Gasteiger partial charge on any atom is 0.164 e. The van der Waals surface area contributed by atoms with E-state index in [2.05, 4.69) is 109 Å². The maximum absolute atomic E-state index is 6.47. The van der Waals surface area contributed by atoms with Gasteiger partial charge in [-0.2, -0.15) is 0 Å². The Morgan fingerprint density at radius 2 is 0.816 bits per heavy atom. The van der Waals surface area contributed by atoms with Crippen molar-refractivity contribution in [1.29, 1.82) is 0 Å². The molecule has 0 amide bonds. The van der Waals surface area contributed by atoms with E-state index in [0.29, 0.717) is 17.5 Å². The van der Waals surface area contributed by atoms with Gasteiger partial charge in [0.2, 0.25) is 0 Å². The summed E-state index contributed by atoms with van der Waals surface area (Å²) in [7, 11) is 0. The monoisotopic (exact) mass is 627 g/mol. The first-order valence-electron chi connectivity index (χ1n) is 16.4. The zero-order valence-electron chi connectivity index (χ0n) is 26.5. The number of benzene rings is 7. The molecule has 0 atom stereocenters. The Labute approximate surface area is 284 Å². The van der Waals surface area contributed by atoms with Crippen molar-refractivity contribution in [3.05, 3.63) is 176 Å². The number of hydrogen-bond donors (Lipinski definition) is 0. The summed E-state index contributed by atoms with van der Waals surface area (Å²) >= 11 is 0. The molecule has 0 saturated heterocycles. The van der Waals surface area contributed by atoms with Crippen LogP contribution in [0.5, 0.6) is 0 Å². The molecular weight excluding hydrogens is 599 g/mol. The molecule has 49 heavy (non-hydrogen) atoms. The highest BCUT2D eigenvalue weighted by atomic mass is 16.3. The van der Waals surface area contributed by atoms with Gasteiger partial charge in [0.1, 0.15) is 11.2 Å². The number of fused-ring (bicyclic) bond motifs is 3. The summed E-state index contributed by atoms with van der Waals surface area (Å²) in [5, 5.41) is 2.00. The highest BCUT2D eigenvalue weighted by Crippen LogP contribution is 2.41. The van der Waals surface area contributed by atoms with Gasteiger partial charge in [-0.25, -0.2) is 15.0 Å². The second-order valence-electron chi connectivity index (χ2n) is 12.0. The van der Waals surface area contributed by atoms with E-state index in [1.807, 2.05) is 66.7 Å². The van der Waals surface area contributed by atoms with Crippen LogP contribution in [0.25, 0.3) is 89.5 Å². The van der Waals surface area contributed by atoms with Crippen LogP contribution in [0, 0.1) is 0 Å². The minimum atomic E-state index is 0.587. The van der Waals surface area contributed by atoms with Crippen molar-refractivity contribution in [2.24, 2.45) is 0 Å². The van der Waals surface area contributed by atoms with Crippen LogP contribution in [0.2, 0.25) is 0 Å². The van der Waals surface area contributed by atoms with Crippen LogP contribution in [-0.4, -0.2) is 15.0 Å². The Kier molecular flexibility index (Phi) is 7.10. The lowest BCUT2D eigenvalue weighted by atomic mass is 9.94. The molecule has 7 aromatic carbocycles. The minimum absolute atomic E-state index is 0.587. The van der Waals surface area contributed by atoms with Crippen LogP contribution in [-0.2, 0) is 0 Å². The van der Waals surface area contributed by atoms with Gasteiger partial charge in [-0.3, -0.25) is 0 Å². The molecule has 0 unspecified atom stereocenters. The highest BCUT2D eigenvalue weighted by molar-refractivity contribution is 6.13. The van der Waals surface area contributed by atoms with Crippen LogP contribution in [0.4, 0.5) is 0 Å². The van der Waals surface area contributed by atoms with Crippen molar-refractivity contribution in [2.45, 2.75) is 0 Å². The van der Waals surface area contributed by atoms with Gasteiger partial charge in [0.05, 0.1) is 0 Å². The van der Waals surface area contributed by atoms with E-state index >= 15 is 0 Å². The van der Waals surface area contributed by atoms with E-state index in [4.69, 9.17) is 19.4 Å². The van der Waals surface area contributed by atoms with Crippen molar-refractivity contribution < 1.29 is 4.42 Å². The molecule has 0 radical (unpaired) electrons. The first-order valence-corrected chi connectivity index (χ1v) is 16.4. The zero-order valence-corrected chi connectivity index (χ0v) is 26.5. The third-order valence-corrected chi connectivity index (χ3v) is 8.95. The van der Waals surface area contributed by atoms with Gasteiger partial charge in [-0.15, -0.1) is 0 Å². The molecule has 9 aromatic rings. The van der Waals surface area contributed by atoms with E-state index in [1.54, 1.807) is 0 Å². The molecular formula is C45H29N3O. The predicted octanol–water partition coefficient (Wildman–Crippen LogP) is 11.8. The van der Waals surface area contributed by atoms with Gasteiger partial charge < -0.3 is 4.42 Å². The summed E-state index contributed by atoms with van der Waals surface area (Å²) < 4.78 is 6.47. The molecule has 4 heteroatoms. The first-order chi connectivity index (χ1) is 24.3. The largest absolute Gasteiger partial charge is 0.456 e. The second-order valence-corrected chi connectivity index (χ2v) is 12.0. The lowest BCUT2D eigenvalue weighted by molar-refractivity contribution is 0.669. The third-order valence-electron chi connectivity index (χ3n) is 8.95. The predicted molar refractivity (Wildman–Crippen MR) is 200 cm³/mol. The number of nitrogens with zero attached hydrogens (tertiary/aromatic N) is 3. The molecule has 9 rings (SSSR count). The van der Waals surface area contributed by atoms with Gasteiger partial charge in [-0.1, -0.05) is 146 Å². The van der Waals surface area contributed by atoms with Crippen molar-refractivity contribution >= 4 is 21.9 Å². The first kappa shape index (κ1) is 28.6. The molecule has 0 aliphatic carbocycles. The minimum Gasteiger partial charge on any atom is -0.456 e. The molecule has 4 nitrogen and oxygen atoms in total. The van der Waals surface area contributed by atoms with E-state index in [-0.39, 0.29) is 0 Å². The maximum atomic E-state index is 6.47. The third kappa shape index (κ3) is 5.35. The highest BCUT2D eigenvalue weighted by Gasteiger charge is 2.21. The molecule has 0 saturated carbocycles. The smallest absolute Gasteiger partial charge is 0.164 e. The molecule has 0 aliphatic rings. The van der Waals surface area contributed by atoms with Crippen molar-refractivity contribution in [1.82, 2.24) is 15.0 Å². The van der Waals surface area contributed by atoms with Gasteiger partial charge in [0.15, 0.2) is 17.5 Å². The van der Waals surface area contributed by atoms with E-state index in [0.717, 1.165) is 72.0 Å². The molecule has 2 heterocycles. The molecule has 0 N–H and O–H groups in total. The Morgan fingerprint density at radius 1 is 0.306 bits per heavy atom. The zero-order chi connectivity index (χ0) is 32.6. The average Bonchev–Trinajstić information content (AvgIpc) is 3.57. The lowest BCUT2D eigenvalue weighted by Gasteiger charge is -2.15. The fraction of sp³-hybridized carbons (Fsp3) is 0. The molecule has 230 valence electrons. The Bertz CT molecular complexity index is 2580. The second kappa shape index (κ2) is 12.2. The Balaban J connectivity index is 1.34. The number of aromatic nitrogens is 3. The van der Waals surface area contributed by atoms with Crippen LogP contribution >= 0.6 is 0 Å². The average molecular weight is 628 g/mol. The fourth-order valence-corrected chi connectivity index (χ4v) is 6.57. The topological polar surface area (TPSA) is 51.8 Å². The Hall–Kier alpha value is -6.65. The van der Waals surface area contributed by atoms with Crippen LogP contribution in [0.3, 0.4) is 0 Å². The number of hydrogen-bond acceptors (Lipinski definition) is 4. The van der Waals surface area contributed by atoms with Crippen LogP contribution < -0.4 is 0 Å². The standard InChI is InChI=1S/C45H29N3O/c1-5-15-30(16-6-1)34-25-26-36(38(27-34)32-19-9-3-10-20-32)44-46-43(33-21-11-4-12-22-33)47-45(48-44)39-28-35(31-17-7-2-8-18-31)29-41-42(39)37-23-13-14-24-40(37)49-41/h1-29H. The Morgan fingerprint density at radius 3 is 1.49 bits per heavy atom. The molecule has 0 bridgehead atoms. The number of para-hydroxylation sites is 1. The summed E-state index contributed by atoms with van der Waals surface area (Å²) in [6.45, 7) is 0. The molecule has 0 aliphatic heterocycles. The summed E-state index contributed by atoms with van der Waals surface area (Å²) in [5.74, 6) is 1.80. The lowest BCUT2D eigenvalue weighted by Crippen LogP contribution is -2.02. The number of furan rings is 1. The summed E-state index contributed by atoms with van der Waals surface area (Å²) in [4.78, 5) is 15.6. The quantitative estimate of drug-likeness (QED) is 0.184. The van der Waals surface area contributed by atoms with Gasteiger partial charge in [0.25, 0.3) is 0 Å². The van der Waals surface area contributed by atoms with E-state index < -0.39 is 0 Å². The van der Waals surface area contributed by atoms with Crippen molar-refractivity contribution in [3.63, 3.8) is 0 Å². The molecule has 0 fully saturated rings. The normalized spacial score (nSPS) is 11.3. The summed E-state index contributed by atoms with van der Waals surface area (Å²) in [6.07, 6.45) is 0. The van der Waals surface area contributed by atoms with Crippen molar-refractivity contribution in [2.75, 3.05) is 0 Å². The summed E-state index contributed by atoms with van der Waals surface area (Å²) in [5.41, 5.74) is 10.9.